The number of aryl methyl sites for hydroxylation is 2. The van der Waals surface area contributed by atoms with E-state index >= 15 is 0 Å². The van der Waals surface area contributed by atoms with E-state index in [1.165, 1.54) is 12.1 Å². The monoisotopic (exact) mass is 274 g/mol. The van der Waals surface area contributed by atoms with E-state index in [1.807, 2.05) is 20.0 Å². The molecule has 0 aliphatic heterocycles. The van der Waals surface area contributed by atoms with Gasteiger partial charge in [-0.05, 0) is 37.1 Å². The van der Waals surface area contributed by atoms with Gasteiger partial charge in [0.15, 0.2) is 0 Å². The SMILES string of the molecule is CCCc1nc(NC)cc(Nc2ccc(F)cc2C)n1. The van der Waals surface area contributed by atoms with Gasteiger partial charge in [0.2, 0.25) is 0 Å². The predicted molar refractivity (Wildman–Crippen MR) is 80.0 cm³/mol. The molecule has 0 unspecified atom stereocenters. The lowest BCUT2D eigenvalue weighted by Crippen LogP contribution is -2.04. The van der Waals surface area contributed by atoms with Crippen LogP contribution in [0.5, 0.6) is 0 Å². The zero-order chi connectivity index (χ0) is 14.5. The van der Waals surface area contributed by atoms with E-state index in [4.69, 9.17) is 0 Å². The van der Waals surface area contributed by atoms with Crippen molar-refractivity contribution < 1.29 is 4.39 Å². The third kappa shape index (κ3) is 3.44. The van der Waals surface area contributed by atoms with E-state index in [0.717, 1.165) is 35.7 Å². The minimum absolute atomic E-state index is 0.238. The maximum atomic E-state index is 13.1. The van der Waals surface area contributed by atoms with E-state index in [1.54, 1.807) is 6.07 Å². The lowest BCUT2D eigenvalue weighted by Gasteiger charge is -2.11. The molecule has 1 heterocycles. The molecule has 0 saturated heterocycles. The van der Waals surface area contributed by atoms with Gasteiger partial charge in [0.25, 0.3) is 0 Å². The standard InChI is InChI=1S/C15H19FN4/c1-4-5-13-19-14(17-3)9-15(20-13)18-12-7-6-11(16)8-10(12)2/h6-9H,4-5H2,1-3H3,(H2,17,18,19,20). The molecule has 0 fully saturated rings. The topological polar surface area (TPSA) is 49.8 Å². The molecule has 0 saturated carbocycles. The van der Waals surface area contributed by atoms with Crippen LogP contribution < -0.4 is 10.6 Å². The Labute approximate surface area is 118 Å². The molecule has 4 nitrogen and oxygen atoms in total. The van der Waals surface area contributed by atoms with Gasteiger partial charge in [-0.3, -0.25) is 0 Å². The number of aromatic nitrogens is 2. The van der Waals surface area contributed by atoms with Crippen LogP contribution in [0.25, 0.3) is 0 Å². The second-order valence-electron chi connectivity index (χ2n) is 4.64. The van der Waals surface area contributed by atoms with E-state index in [2.05, 4.69) is 27.5 Å². The summed E-state index contributed by atoms with van der Waals surface area (Å²) in [6, 6.07) is 6.48. The molecular formula is C15H19FN4. The number of benzene rings is 1. The predicted octanol–water partition coefficient (Wildman–Crippen LogP) is 3.66. The lowest BCUT2D eigenvalue weighted by molar-refractivity contribution is 0.627. The van der Waals surface area contributed by atoms with Gasteiger partial charge in [-0.1, -0.05) is 6.92 Å². The fourth-order valence-corrected chi connectivity index (χ4v) is 1.93. The van der Waals surface area contributed by atoms with Crippen molar-refractivity contribution in [3.05, 3.63) is 41.5 Å². The second kappa shape index (κ2) is 6.32. The minimum atomic E-state index is -0.238. The second-order valence-corrected chi connectivity index (χ2v) is 4.64. The van der Waals surface area contributed by atoms with Crippen LogP contribution in [0.1, 0.15) is 24.7 Å². The first-order valence-corrected chi connectivity index (χ1v) is 6.71. The van der Waals surface area contributed by atoms with Crippen molar-refractivity contribution in [2.75, 3.05) is 17.7 Å². The van der Waals surface area contributed by atoms with Crippen molar-refractivity contribution in [1.29, 1.82) is 0 Å². The quantitative estimate of drug-likeness (QED) is 0.873. The Morgan fingerprint density at radius 1 is 1.15 bits per heavy atom. The van der Waals surface area contributed by atoms with Crippen molar-refractivity contribution in [2.45, 2.75) is 26.7 Å². The van der Waals surface area contributed by atoms with Gasteiger partial charge in [-0.2, -0.15) is 0 Å². The molecule has 0 radical (unpaired) electrons. The summed E-state index contributed by atoms with van der Waals surface area (Å²) >= 11 is 0. The van der Waals surface area contributed by atoms with Gasteiger partial charge in [0.1, 0.15) is 23.3 Å². The number of nitrogens with one attached hydrogen (secondary N) is 2. The largest absolute Gasteiger partial charge is 0.373 e. The van der Waals surface area contributed by atoms with E-state index in [-0.39, 0.29) is 5.82 Å². The van der Waals surface area contributed by atoms with Crippen molar-refractivity contribution in [3.8, 4) is 0 Å². The number of hydrogen-bond donors (Lipinski definition) is 2. The van der Waals surface area contributed by atoms with Crippen LogP contribution >= 0.6 is 0 Å². The molecule has 2 rings (SSSR count). The molecule has 0 amide bonds. The van der Waals surface area contributed by atoms with Crippen LogP contribution in [-0.4, -0.2) is 17.0 Å². The summed E-state index contributed by atoms with van der Waals surface area (Å²) in [5.74, 6) is 2.04. The van der Waals surface area contributed by atoms with Crippen molar-refractivity contribution >= 4 is 17.3 Å². The van der Waals surface area contributed by atoms with Crippen LogP contribution in [0.2, 0.25) is 0 Å². The maximum absolute atomic E-state index is 13.1. The molecule has 0 bridgehead atoms. The summed E-state index contributed by atoms with van der Waals surface area (Å²) < 4.78 is 13.1. The smallest absolute Gasteiger partial charge is 0.136 e. The fraction of sp³-hybridized carbons (Fsp3) is 0.333. The molecule has 2 N–H and O–H groups in total. The molecule has 1 aromatic carbocycles. The van der Waals surface area contributed by atoms with Gasteiger partial charge in [-0.15, -0.1) is 0 Å². The van der Waals surface area contributed by atoms with E-state index < -0.39 is 0 Å². The molecule has 20 heavy (non-hydrogen) atoms. The zero-order valence-corrected chi connectivity index (χ0v) is 12.0. The van der Waals surface area contributed by atoms with Crippen molar-refractivity contribution in [3.63, 3.8) is 0 Å². The Bertz CT molecular complexity index is 598. The first-order chi connectivity index (χ1) is 9.62. The number of anilines is 3. The Balaban J connectivity index is 2.29. The highest BCUT2D eigenvalue weighted by Crippen LogP contribution is 2.21. The summed E-state index contributed by atoms with van der Waals surface area (Å²) in [7, 11) is 1.82. The van der Waals surface area contributed by atoms with Gasteiger partial charge in [0.05, 0.1) is 0 Å². The normalized spacial score (nSPS) is 10.4. The third-order valence-electron chi connectivity index (χ3n) is 2.95. The molecule has 1 aromatic heterocycles. The van der Waals surface area contributed by atoms with Gasteiger partial charge < -0.3 is 10.6 Å². The van der Waals surface area contributed by atoms with Gasteiger partial charge >= 0.3 is 0 Å². The minimum Gasteiger partial charge on any atom is -0.373 e. The first kappa shape index (κ1) is 14.2. The molecule has 0 aliphatic carbocycles. The van der Waals surface area contributed by atoms with E-state index in [9.17, 15) is 4.39 Å². The third-order valence-corrected chi connectivity index (χ3v) is 2.95. The van der Waals surface area contributed by atoms with Crippen molar-refractivity contribution in [1.82, 2.24) is 9.97 Å². The highest BCUT2D eigenvalue weighted by atomic mass is 19.1. The zero-order valence-electron chi connectivity index (χ0n) is 12.0. The first-order valence-electron chi connectivity index (χ1n) is 6.71. The van der Waals surface area contributed by atoms with Crippen LogP contribution in [0.3, 0.4) is 0 Å². The molecule has 0 atom stereocenters. The van der Waals surface area contributed by atoms with Crippen LogP contribution in [0, 0.1) is 12.7 Å². The van der Waals surface area contributed by atoms with Crippen LogP contribution in [0.15, 0.2) is 24.3 Å². The average molecular weight is 274 g/mol. The summed E-state index contributed by atoms with van der Waals surface area (Å²) in [6.45, 7) is 3.95. The number of hydrogen-bond acceptors (Lipinski definition) is 4. The Hall–Kier alpha value is -2.17. The summed E-state index contributed by atoms with van der Waals surface area (Å²) in [6.07, 6.45) is 1.81. The highest BCUT2D eigenvalue weighted by Gasteiger charge is 2.06. The molecule has 106 valence electrons. The Morgan fingerprint density at radius 3 is 2.55 bits per heavy atom. The molecule has 0 spiro atoms. The number of nitrogens with zero attached hydrogens (tertiary/aromatic N) is 2. The molecule has 2 aromatic rings. The maximum Gasteiger partial charge on any atom is 0.136 e. The molecule has 5 heteroatoms. The number of rotatable bonds is 5. The van der Waals surface area contributed by atoms with Crippen LogP contribution in [-0.2, 0) is 6.42 Å². The summed E-state index contributed by atoms with van der Waals surface area (Å²) in [5, 5.41) is 6.24. The fourth-order valence-electron chi connectivity index (χ4n) is 1.93. The molecular weight excluding hydrogens is 255 g/mol. The lowest BCUT2D eigenvalue weighted by atomic mass is 10.2. The van der Waals surface area contributed by atoms with Crippen molar-refractivity contribution in [2.24, 2.45) is 0 Å². The van der Waals surface area contributed by atoms with Gasteiger partial charge in [-0.25, -0.2) is 14.4 Å². The number of halogens is 1. The average Bonchev–Trinajstić information content (AvgIpc) is 2.42. The Kier molecular flexibility index (Phi) is 4.50. The highest BCUT2D eigenvalue weighted by molar-refractivity contribution is 5.62. The Morgan fingerprint density at radius 2 is 1.90 bits per heavy atom. The van der Waals surface area contributed by atoms with E-state index in [0.29, 0.717) is 5.82 Å². The summed E-state index contributed by atoms with van der Waals surface area (Å²) in [5.41, 5.74) is 1.68. The molecule has 0 aliphatic rings. The summed E-state index contributed by atoms with van der Waals surface area (Å²) in [4.78, 5) is 8.87. The van der Waals surface area contributed by atoms with Crippen LogP contribution in [0.4, 0.5) is 21.7 Å². The van der Waals surface area contributed by atoms with Gasteiger partial charge in [0, 0.05) is 25.2 Å².